The Morgan fingerprint density at radius 2 is 1.56 bits per heavy atom. The molecule has 0 aliphatic heterocycles. The third-order valence-electron chi connectivity index (χ3n) is 3.45. The first-order chi connectivity index (χ1) is 8.43. The van der Waals surface area contributed by atoms with Gasteiger partial charge in [-0.25, -0.2) is 0 Å². The summed E-state index contributed by atoms with van der Waals surface area (Å²) in [7, 11) is 0. The molecule has 18 heavy (non-hydrogen) atoms. The predicted molar refractivity (Wildman–Crippen MR) is 78.2 cm³/mol. The molecule has 1 rings (SSSR count). The maximum Gasteiger partial charge on any atom is 0.129 e. The van der Waals surface area contributed by atoms with E-state index >= 15 is 0 Å². The van der Waals surface area contributed by atoms with Crippen LogP contribution in [0.5, 0.6) is 0 Å². The van der Waals surface area contributed by atoms with Gasteiger partial charge in [0.25, 0.3) is 0 Å². The summed E-state index contributed by atoms with van der Waals surface area (Å²) in [6.07, 6.45) is 2.70. The SMILES string of the molecule is CC(=O)CCCc1c(C(C)C)cccc1C(C)C. The van der Waals surface area contributed by atoms with E-state index in [0.717, 1.165) is 12.8 Å². The summed E-state index contributed by atoms with van der Waals surface area (Å²) in [6.45, 7) is 10.7. The van der Waals surface area contributed by atoms with Crippen molar-refractivity contribution in [2.45, 2.75) is 65.7 Å². The molecule has 1 heteroatoms. The monoisotopic (exact) mass is 246 g/mol. The zero-order valence-electron chi connectivity index (χ0n) is 12.4. The summed E-state index contributed by atoms with van der Waals surface area (Å²) >= 11 is 0. The second-order valence-corrected chi connectivity index (χ2v) is 5.78. The molecule has 0 aliphatic rings. The van der Waals surface area contributed by atoms with Crippen LogP contribution >= 0.6 is 0 Å². The molecule has 0 fully saturated rings. The summed E-state index contributed by atoms with van der Waals surface area (Å²) in [4.78, 5) is 11.1. The number of carbonyl (C=O) groups excluding carboxylic acids is 1. The van der Waals surface area contributed by atoms with E-state index in [1.807, 2.05) is 0 Å². The second-order valence-electron chi connectivity index (χ2n) is 5.78. The molecular weight excluding hydrogens is 220 g/mol. The summed E-state index contributed by atoms with van der Waals surface area (Å²) in [5.41, 5.74) is 4.37. The number of carbonyl (C=O) groups is 1. The van der Waals surface area contributed by atoms with Gasteiger partial charge in [0.05, 0.1) is 0 Å². The summed E-state index contributed by atoms with van der Waals surface area (Å²) in [5.74, 6) is 1.40. The molecule has 0 aromatic heterocycles. The van der Waals surface area contributed by atoms with Crippen molar-refractivity contribution in [2.24, 2.45) is 0 Å². The Hall–Kier alpha value is -1.11. The minimum Gasteiger partial charge on any atom is -0.300 e. The lowest BCUT2D eigenvalue weighted by Gasteiger charge is -2.19. The number of Topliss-reactive ketones (excluding diaryl/α,β-unsaturated/α-hetero) is 1. The zero-order chi connectivity index (χ0) is 13.7. The van der Waals surface area contributed by atoms with Crippen LogP contribution in [0.25, 0.3) is 0 Å². The van der Waals surface area contributed by atoms with E-state index in [9.17, 15) is 4.79 Å². The number of ketones is 1. The second kappa shape index (κ2) is 6.72. The standard InChI is InChI=1S/C17H26O/c1-12(2)15-9-7-10-16(13(3)4)17(15)11-6-8-14(5)18/h7,9-10,12-13H,6,8,11H2,1-5H3. The first-order valence-corrected chi connectivity index (χ1v) is 7.04. The molecule has 0 atom stereocenters. The zero-order valence-corrected chi connectivity index (χ0v) is 12.4. The molecule has 0 spiro atoms. The molecule has 0 radical (unpaired) electrons. The van der Waals surface area contributed by atoms with Crippen LogP contribution in [0.15, 0.2) is 18.2 Å². The Morgan fingerprint density at radius 3 is 1.94 bits per heavy atom. The molecule has 0 saturated heterocycles. The van der Waals surface area contributed by atoms with Gasteiger partial charge in [0, 0.05) is 6.42 Å². The lowest BCUT2D eigenvalue weighted by Crippen LogP contribution is -2.04. The van der Waals surface area contributed by atoms with Gasteiger partial charge in [0.15, 0.2) is 0 Å². The van der Waals surface area contributed by atoms with Crippen LogP contribution in [0.4, 0.5) is 0 Å². The Morgan fingerprint density at radius 1 is 1.06 bits per heavy atom. The van der Waals surface area contributed by atoms with Crippen molar-refractivity contribution < 1.29 is 4.79 Å². The molecule has 100 valence electrons. The fourth-order valence-electron chi connectivity index (χ4n) is 2.51. The average molecular weight is 246 g/mol. The first-order valence-electron chi connectivity index (χ1n) is 7.04. The van der Waals surface area contributed by atoms with Crippen LogP contribution in [0.2, 0.25) is 0 Å². The average Bonchev–Trinajstić information content (AvgIpc) is 2.28. The van der Waals surface area contributed by atoms with E-state index < -0.39 is 0 Å². The normalized spacial score (nSPS) is 11.3. The van der Waals surface area contributed by atoms with Gasteiger partial charge in [-0.3, -0.25) is 0 Å². The number of benzene rings is 1. The molecule has 1 aromatic rings. The predicted octanol–water partition coefficient (Wildman–Crippen LogP) is 4.85. The van der Waals surface area contributed by atoms with Crippen LogP contribution in [0.3, 0.4) is 0 Å². The number of hydrogen-bond acceptors (Lipinski definition) is 1. The molecule has 0 unspecified atom stereocenters. The fraction of sp³-hybridized carbons (Fsp3) is 0.588. The van der Waals surface area contributed by atoms with Crippen molar-refractivity contribution in [3.05, 3.63) is 34.9 Å². The highest BCUT2D eigenvalue weighted by Gasteiger charge is 2.13. The van der Waals surface area contributed by atoms with Crippen LogP contribution < -0.4 is 0 Å². The third-order valence-corrected chi connectivity index (χ3v) is 3.45. The molecule has 1 aromatic carbocycles. The van der Waals surface area contributed by atoms with E-state index in [1.165, 1.54) is 16.7 Å². The quantitative estimate of drug-likeness (QED) is 0.701. The number of hydrogen-bond donors (Lipinski definition) is 0. The van der Waals surface area contributed by atoms with E-state index in [4.69, 9.17) is 0 Å². The molecule has 1 nitrogen and oxygen atoms in total. The van der Waals surface area contributed by atoms with Gasteiger partial charge >= 0.3 is 0 Å². The van der Waals surface area contributed by atoms with Crippen LogP contribution in [0.1, 0.15) is 76.0 Å². The van der Waals surface area contributed by atoms with Gasteiger partial charge < -0.3 is 4.79 Å². The topological polar surface area (TPSA) is 17.1 Å². The largest absolute Gasteiger partial charge is 0.300 e. The summed E-state index contributed by atoms with van der Waals surface area (Å²) in [5, 5.41) is 0. The summed E-state index contributed by atoms with van der Waals surface area (Å²) < 4.78 is 0. The molecule has 0 N–H and O–H groups in total. The van der Waals surface area contributed by atoms with Crippen molar-refractivity contribution in [1.82, 2.24) is 0 Å². The van der Waals surface area contributed by atoms with Gasteiger partial charge in [-0.15, -0.1) is 0 Å². The molecular formula is C17H26O. The van der Waals surface area contributed by atoms with Crippen LogP contribution in [-0.4, -0.2) is 5.78 Å². The smallest absolute Gasteiger partial charge is 0.129 e. The van der Waals surface area contributed by atoms with Crippen molar-refractivity contribution in [3.8, 4) is 0 Å². The van der Waals surface area contributed by atoms with Gasteiger partial charge in [-0.2, -0.15) is 0 Å². The highest BCUT2D eigenvalue weighted by molar-refractivity contribution is 5.75. The molecule has 0 saturated carbocycles. The first kappa shape index (κ1) is 14.9. The molecule has 0 aliphatic carbocycles. The molecule has 0 amide bonds. The van der Waals surface area contributed by atoms with Gasteiger partial charge in [0.2, 0.25) is 0 Å². The van der Waals surface area contributed by atoms with Gasteiger partial charge in [-0.1, -0.05) is 45.9 Å². The highest BCUT2D eigenvalue weighted by atomic mass is 16.1. The maximum absolute atomic E-state index is 11.1. The minimum atomic E-state index is 0.295. The van der Waals surface area contributed by atoms with E-state index in [1.54, 1.807) is 6.92 Å². The Labute approximate surface area is 112 Å². The maximum atomic E-state index is 11.1. The Balaban J connectivity index is 2.99. The van der Waals surface area contributed by atoms with Crippen molar-refractivity contribution in [3.63, 3.8) is 0 Å². The lowest BCUT2D eigenvalue weighted by atomic mass is 9.86. The minimum absolute atomic E-state index is 0.295. The van der Waals surface area contributed by atoms with Crippen molar-refractivity contribution in [2.75, 3.05) is 0 Å². The van der Waals surface area contributed by atoms with E-state index in [2.05, 4.69) is 45.9 Å². The van der Waals surface area contributed by atoms with Crippen molar-refractivity contribution >= 4 is 5.78 Å². The van der Waals surface area contributed by atoms with Crippen molar-refractivity contribution in [1.29, 1.82) is 0 Å². The lowest BCUT2D eigenvalue weighted by molar-refractivity contribution is -0.117. The van der Waals surface area contributed by atoms with Crippen LogP contribution in [-0.2, 0) is 11.2 Å². The fourth-order valence-corrected chi connectivity index (χ4v) is 2.51. The van der Waals surface area contributed by atoms with Gasteiger partial charge in [-0.05, 0) is 48.3 Å². The summed E-state index contributed by atoms with van der Waals surface area (Å²) in [6, 6.07) is 6.64. The third kappa shape index (κ3) is 3.97. The Bertz CT molecular complexity index is 376. The highest BCUT2D eigenvalue weighted by Crippen LogP contribution is 2.28. The van der Waals surface area contributed by atoms with Gasteiger partial charge in [0.1, 0.15) is 5.78 Å². The molecule has 0 heterocycles. The van der Waals surface area contributed by atoms with Crippen LogP contribution in [0, 0.1) is 0 Å². The Kier molecular flexibility index (Phi) is 5.58. The van der Waals surface area contributed by atoms with E-state index in [0.29, 0.717) is 24.0 Å². The number of rotatable bonds is 6. The molecule has 0 bridgehead atoms. The van der Waals surface area contributed by atoms with E-state index in [-0.39, 0.29) is 0 Å².